The van der Waals surface area contributed by atoms with Crippen molar-refractivity contribution in [1.82, 2.24) is 4.98 Å². The van der Waals surface area contributed by atoms with Crippen LogP contribution in [0.2, 0.25) is 0 Å². The van der Waals surface area contributed by atoms with Crippen molar-refractivity contribution in [2.75, 3.05) is 11.4 Å². The average molecular weight is 331 g/mol. The minimum Gasteiger partial charge on any atom is -0.304 e. The number of halogens is 1. The quantitative estimate of drug-likeness (QED) is 0.813. The van der Waals surface area contributed by atoms with Crippen molar-refractivity contribution in [3.8, 4) is 0 Å². The number of carbonyl (C=O) groups excluding carboxylic acids is 2. The van der Waals surface area contributed by atoms with Crippen LogP contribution < -0.4 is 4.90 Å². The van der Waals surface area contributed by atoms with Gasteiger partial charge in [-0.05, 0) is 42.3 Å². The van der Waals surface area contributed by atoms with Crippen LogP contribution in [-0.2, 0) is 11.2 Å². The number of hydrogen-bond donors (Lipinski definition) is 0. The molecule has 0 fully saturated rings. The third kappa shape index (κ3) is 2.25. The minimum atomic E-state index is -0.452. The van der Waals surface area contributed by atoms with Crippen molar-refractivity contribution in [2.24, 2.45) is 0 Å². The van der Waals surface area contributed by atoms with Gasteiger partial charge in [0.25, 0.3) is 11.7 Å². The summed E-state index contributed by atoms with van der Waals surface area (Å²) in [5, 5.41) is 0. The lowest BCUT2D eigenvalue weighted by atomic mass is 10.1. The summed E-state index contributed by atoms with van der Waals surface area (Å²) in [5.41, 5.74) is 2.25. The summed E-state index contributed by atoms with van der Waals surface area (Å²) >= 11 is 3.37. The lowest BCUT2D eigenvalue weighted by molar-refractivity contribution is -0.114. The van der Waals surface area contributed by atoms with Gasteiger partial charge in [0.1, 0.15) is 0 Å². The lowest BCUT2D eigenvalue weighted by Crippen LogP contribution is -2.31. The molecule has 100 valence electrons. The van der Waals surface area contributed by atoms with E-state index in [0.29, 0.717) is 24.2 Å². The van der Waals surface area contributed by atoms with Crippen molar-refractivity contribution in [1.29, 1.82) is 0 Å². The highest BCUT2D eigenvalue weighted by Crippen LogP contribution is 2.31. The van der Waals surface area contributed by atoms with E-state index in [2.05, 4.69) is 20.9 Å². The number of amides is 1. The maximum Gasteiger partial charge on any atom is 0.299 e. The maximum atomic E-state index is 12.0. The standard InChI is InChI=1S/C15H11BrN2O2/c16-11-1-2-12-13(9-11)18(15(20)14(12)19)8-5-10-3-6-17-7-4-10/h1-4,6-7,9H,5,8H2. The third-order valence-corrected chi connectivity index (χ3v) is 3.80. The van der Waals surface area contributed by atoms with E-state index in [1.54, 1.807) is 29.4 Å². The van der Waals surface area contributed by atoms with Crippen molar-refractivity contribution < 1.29 is 9.59 Å². The number of benzene rings is 1. The molecule has 1 amide bonds. The highest BCUT2D eigenvalue weighted by atomic mass is 79.9. The van der Waals surface area contributed by atoms with Crippen molar-refractivity contribution in [3.05, 3.63) is 58.3 Å². The summed E-state index contributed by atoms with van der Waals surface area (Å²) in [6, 6.07) is 9.08. The Balaban J connectivity index is 1.86. The van der Waals surface area contributed by atoms with Crippen LogP contribution in [0.5, 0.6) is 0 Å². The Labute approximate surface area is 124 Å². The van der Waals surface area contributed by atoms with E-state index in [0.717, 1.165) is 10.0 Å². The van der Waals surface area contributed by atoms with E-state index in [4.69, 9.17) is 0 Å². The van der Waals surface area contributed by atoms with Crippen molar-refractivity contribution >= 4 is 33.3 Å². The molecule has 2 aromatic rings. The first kappa shape index (κ1) is 13.0. The molecule has 4 nitrogen and oxygen atoms in total. The fourth-order valence-electron chi connectivity index (χ4n) is 2.28. The highest BCUT2D eigenvalue weighted by Gasteiger charge is 2.35. The van der Waals surface area contributed by atoms with E-state index in [9.17, 15) is 9.59 Å². The molecule has 0 atom stereocenters. The molecule has 0 saturated heterocycles. The molecule has 0 aliphatic carbocycles. The normalized spacial score (nSPS) is 13.8. The van der Waals surface area contributed by atoms with Gasteiger partial charge in [-0.1, -0.05) is 15.9 Å². The summed E-state index contributed by atoms with van der Waals surface area (Å²) in [7, 11) is 0. The van der Waals surface area contributed by atoms with Crippen LogP contribution in [0.25, 0.3) is 0 Å². The maximum absolute atomic E-state index is 12.0. The number of hydrogen-bond acceptors (Lipinski definition) is 3. The first-order chi connectivity index (χ1) is 9.66. The van der Waals surface area contributed by atoms with Gasteiger partial charge in [-0.15, -0.1) is 0 Å². The SMILES string of the molecule is O=C1C(=O)N(CCc2ccncc2)c2cc(Br)ccc21. The second kappa shape index (κ2) is 5.17. The predicted octanol–water partition coefficient (Wildman–Crippen LogP) is 2.62. The Morgan fingerprint density at radius 3 is 2.60 bits per heavy atom. The number of nitrogens with zero attached hydrogens (tertiary/aromatic N) is 2. The van der Waals surface area contributed by atoms with Crippen LogP contribution in [0.1, 0.15) is 15.9 Å². The molecule has 0 spiro atoms. The third-order valence-electron chi connectivity index (χ3n) is 3.31. The van der Waals surface area contributed by atoms with Gasteiger partial charge in [0.05, 0.1) is 11.3 Å². The minimum absolute atomic E-state index is 0.428. The first-order valence-corrected chi connectivity index (χ1v) is 7.01. The van der Waals surface area contributed by atoms with Gasteiger partial charge in [0.2, 0.25) is 0 Å². The Hall–Kier alpha value is -2.01. The number of Topliss-reactive ketones (excluding diaryl/α,β-unsaturated/α-hetero) is 1. The fourth-order valence-corrected chi connectivity index (χ4v) is 2.63. The molecule has 0 saturated carbocycles. The molecule has 2 heterocycles. The van der Waals surface area contributed by atoms with Crippen LogP contribution in [0, 0.1) is 0 Å². The summed E-state index contributed by atoms with van der Waals surface area (Å²) in [4.78, 5) is 29.5. The van der Waals surface area contributed by atoms with Gasteiger partial charge in [0.15, 0.2) is 0 Å². The number of aromatic nitrogens is 1. The summed E-state index contributed by atoms with van der Waals surface area (Å²) in [6.07, 6.45) is 4.13. The van der Waals surface area contributed by atoms with Crippen LogP contribution in [0.4, 0.5) is 5.69 Å². The van der Waals surface area contributed by atoms with Gasteiger partial charge >= 0.3 is 0 Å². The van der Waals surface area contributed by atoms with Crippen LogP contribution in [-0.4, -0.2) is 23.2 Å². The Morgan fingerprint density at radius 2 is 1.85 bits per heavy atom. The van der Waals surface area contributed by atoms with Crippen LogP contribution in [0.15, 0.2) is 47.2 Å². The number of fused-ring (bicyclic) bond motifs is 1. The monoisotopic (exact) mass is 330 g/mol. The highest BCUT2D eigenvalue weighted by molar-refractivity contribution is 9.10. The number of rotatable bonds is 3. The number of pyridine rings is 1. The molecule has 1 aromatic carbocycles. The molecule has 1 aliphatic rings. The van der Waals surface area contributed by atoms with E-state index < -0.39 is 11.7 Å². The molecular weight excluding hydrogens is 320 g/mol. The molecule has 0 N–H and O–H groups in total. The number of ketones is 1. The molecule has 0 bridgehead atoms. The Kier molecular flexibility index (Phi) is 3.36. The van der Waals surface area contributed by atoms with Gasteiger partial charge in [-0.3, -0.25) is 14.6 Å². The van der Waals surface area contributed by atoms with E-state index in [-0.39, 0.29) is 0 Å². The summed E-state index contributed by atoms with van der Waals surface area (Å²) < 4.78 is 0.854. The van der Waals surface area contributed by atoms with Crippen molar-refractivity contribution in [3.63, 3.8) is 0 Å². The number of anilines is 1. The molecule has 5 heteroatoms. The topological polar surface area (TPSA) is 50.3 Å². The molecule has 20 heavy (non-hydrogen) atoms. The zero-order chi connectivity index (χ0) is 14.1. The van der Waals surface area contributed by atoms with Gasteiger partial charge < -0.3 is 4.90 Å². The zero-order valence-corrected chi connectivity index (χ0v) is 12.1. The van der Waals surface area contributed by atoms with Crippen LogP contribution in [0.3, 0.4) is 0 Å². The summed E-state index contributed by atoms with van der Waals surface area (Å²) in [5.74, 6) is -0.880. The predicted molar refractivity (Wildman–Crippen MR) is 78.8 cm³/mol. The molecule has 3 rings (SSSR count). The van der Waals surface area contributed by atoms with E-state index in [1.165, 1.54) is 0 Å². The Morgan fingerprint density at radius 1 is 1.10 bits per heavy atom. The first-order valence-electron chi connectivity index (χ1n) is 6.21. The molecule has 1 aliphatic heterocycles. The molecular formula is C15H11BrN2O2. The second-order valence-electron chi connectivity index (χ2n) is 4.55. The van der Waals surface area contributed by atoms with Crippen molar-refractivity contribution in [2.45, 2.75) is 6.42 Å². The smallest absolute Gasteiger partial charge is 0.299 e. The second-order valence-corrected chi connectivity index (χ2v) is 5.47. The number of carbonyl (C=O) groups is 2. The summed E-state index contributed by atoms with van der Waals surface area (Å²) in [6.45, 7) is 0.484. The molecule has 0 unspecified atom stereocenters. The lowest BCUT2D eigenvalue weighted by Gasteiger charge is -2.16. The average Bonchev–Trinajstić information content (AvgIpc) is 2.70. The van der Waals surface area contributed by atoms with E-state index >= 15 is 0 Å². The molecule has 1 aromatic heterocycles. The van der Waals surface area contributed by atoms with Gasteiger partial charge in [0, 0.05) is 23.4 Å². The van der Waals surface area contributed by atoms with Gasteiger partial charge in [-0.25, -0.2) is 0 Å². The zero-order valence-electron chi connectivity index (χ0n) is 10.5. The van der Waals surface area contributed by atoms with E-state index in [1.807, 2.05) is 18.2 Å². The largest absolute Gasteiger partial charge is 0.304 e. The van der Waals surface area contributed by atoms with Gasteiger partial charge in [-0.2, -0.15) is 0 Å². The fraction of sp³-hybridized carbons (Fsp3) is 0.133. The van der Waals surface area contributed by atoms with Crippen LogP contribution >= 0.6 is 15.9 Å². The Bertz CT molecular complexity index is 686. The molecule has 0 radical (unpaired) electrons.